The molecule has 0 spiro atoms. The molecule has 0 aliphatic rings. The third-order valence-electron chi connectivity index (χ3n) is 4.46. The summed E-state index contributed by atoms with van der Waals surface area (Å²) in [6.07, 6.45) is 0. The van der Waals surface area contributed by atoms with Crippen LogP contribution in [0.4, 0.5) is 5.69 Å². The van der Waals surface area contributed by atoms with Crippen molar-refractivity contribution in [1.29, 1.82) is 0 Å². The summed E-state index contributed by atoms with van der Waals surface area (Å²) in [4.78, 5) is 0. The van der Waals surface area contributed by atoms with Gasteiger partial charge in [-0.3, -0.25) is 0 Å². The molecule has 3 aromatic carbocycles. The van der Waals surface area contributed by atoms with E-state index in [1.54, 1.807) is 0 Å². The van der Waals surface area contributed by atoms with E-state index in [1.807, 2.05) is 19.1 Å². The molecule has 3 aromatic rings. The Bertz CT molecular complexity index is 905. The summed E-state index contributed by atoms with van der Waals surface area (Å²) in [5.41, 5.74) is 5.84. The molecular weight excluding hydrogens is 414 g/mol. The van der Waals surface area contributed by atoms with Gasteiger partial charge in [0.2, 0.25) is 0 Å². The van der Waals surface area contributed by atoms with Gasteiger partial charge in [-0.25, -0.2) is 0 Å². The van der Waals surface area contributed by atoms with Crippen LogP contribution in [0.5, 0.6) is 11.5 Å². The molecule has 4 heteroatoms. The van der Waals surface area contributed by atoms with Crippen LogP contribution in [0.2, 0.25) is 0 Å². The van der Waals surface area contributed by atoms with Crippen LogP contribution in [-0.4, -0.2) is 6.61 Å². The van der Waals surface area contributed by atoms with Crippen LogP contribution < -0.4 is 14.8 Å². The Hall–Kier alpha value is -2.46. The molecule has 146 valence electrons. The molecule has 0 aliphatic carbocycles. The summed E-state index contributed by atoms with van der Waals surface area (Å²) in [6.45, 7) is 7.95. The SMILES string of the molecule is CCOc1cc(CNc2ccc(C)cc2)c(Br)cc1OCc1ccc(C)cc1. The zero-order valence-electron chi connectivity index (χ0n) is 16.6. The lowest BCUT2D eigenvalue weighted by molar-refractivity contribution is 0.269. The van der Waals surface area contributed by atoms with Gasteiger partial charge in [0.15, 0.2) is 11.5 Å². The van der Waals surface area contributed by atoms with Crippen molar-refractivity contribution in [2.75, 3.05) is 11.9 Å². The number of aryl methyl sites for hydroxylation is 2. The smallest absolute Gasteiger partial charge is 0.162 e. The van der Waals surface area contributed by atoms with E-state index in [2.05, 4.69) is 83.6 Å². The Balaban J connectivity index is 1.72. The molecule has 0 aromatic heterocycles. The van der Waals surface area contributed by atoms with Gasteiger partial charge in [-0.15, -0.1) is 0 Å². The Morgan fingerprint density at radius 3 is 2.07 bits per heavy atom. The first-order valence-corrected chi connectivity index (χ1v) is 10.3. The third-order valence-corrected chi connectivity index (χ3v) is 5.20. The molecule has 0 unspecified atom stereocenters. The highest BCUT2D eigenvalue weighted by Crippen LogP contribution is 2.35. The van der Waals surface area contributed by atoms with Crippen molar-refractivity contribution in [3.8, 4) is 11.5 Å². The second-order valence-corrected chi connectivity index (χ2v) is 7.67. The van der Waals surface area contributed by atoms with E-state index in [0.29, 0.717) is 19.8 Å². The first-order valence-electron chi connectivity index (χ1n) is 9.49. The highest BCUT2D eigenvalue weighted by atomic mass is 79.9. The van der Waals surface area contributed by atoms with Gasteiger partial charge < -0.3 is 14.8 Å². The predicted octanol–water partition coefficient (Wildman–Crippen LogP) is 6.66. The number of ether oxygens (including phenoxy) is 2. The fraction of sp³-hybridized carbons (Fsp3) is 0.250. The van der Waals surface area contributed by atoms with Crippen LogP contribution in [0.3, 0.4) is 0 Å². The number of anilines is 1. The molecule has 0 saturated carbocycles. The van der Waals surface area contributed by atoms with E-state index >= 15 is 0 Å². The topological polar surface area (TPSA) is 30.5 Å². The van der Waals surface area contributed by atoms with E-state index in [0.717, 1.165) is 32.8 Å². The lowest BCUT2D eigenvalue weighted by Crippen LogP contribution is -2.04. The van der Waals surface area contributed by atoms with Crippen molar-refractivity contribution < 1.29 is 9.47 Å². The molecule has 0 amide bonds. The van der Waals surface area contributed by atoms with Gasteiger partial charge >= 0.3 is 0 Å². The quantitative estimate of drug-likeness (QED) is 0.425. The second kappa shape index (κ2) is 9.65. The van der Waals surface area contributed by atoms with E-state index in [-0.39, 0.29) is 0 Å². The van der Waals surface area contributed by atoms with Gasteiger partial charge in [-0.2, -0.15) is 0 Å². The molecule has 0 aliphatic heterocycles. The maximum Gasteiger partial charge on any atom is 0.162 e. The molecule has 0 radical (unpaired) electrons. The van der Waals surface area contributed by atoms with Crippen molar-refractivity contribution in [3.05, 3.63) is 87.4 Å². The van der Waals surface area contributed by atoms with Gasteiger partial charge in [-0.1, -0.05) is 63.5 Å². The number of hydrogen-bond acceptors (Lipinski definition) is 3. The monoisotopic (exact) mass is 439 g/mol. The zero-order chi connectivity index (χ0) is 19.9. The number of halogens is 1. The second-order valence-electron chi connectivity index (χ2n) is 6.82. The lowest BCUT2D eigenvalue weighted by Gasteiger charge is -2.16. The molecule has 3 rings (SSSR count). The number of hydrogen-bond donors (Lipinski definition) is 1. The Morgan fingerprint density at radius 2 is 1.43 bits per heavy atom. The minimum Gasteiger partial charge on any atom is -0.490 e. The first-order chi connectivity index (χ1) is 13.5. The summed E-state index contributed by atoms with van der Waals surface area (Å²) in [5.74, 6) is 1.51. The fourth-order valence-corrected chi connectivity index (χ4v) is 3.27. The first kappa shape index (κ1) is 20.3. The van der Waals surface area contributed by atoms with Crippen LogP contribution in [-0.2, 0) is 13.2 Å². The molecule has 0 fully saturated rings. The van der Waals surface area contributed by atoms with Crippen molar-refractivity contribution in [3.63, 3.8) is 0 Å². The molecule has 28 heavy (non-hydrogen) atoms. The summed E-state index contributed by atoms with van der Waals surface area (Å²) >= 11 is 3.68. The summed E-state index contributed by atoms with van der Waals surface area (Å²) in [6, 6.07) is 20.8. The van der Waals surface area contributed by atoms with Crippen LogP contribution in [0, 0.1) is 13.8 Å². The highest BCUT2D eigenvalue weighted by Gasteiger charge is 2.11. The van der Waals surface area contributed by atoms with Crippen molar-refractivity contribution in [2.45, 2.75) is 33.9 Å². The summed E-state index contributed by atoms with van der Waals surface area (Å²) in [5, 5.41) is 3.45. The standard InChI is InChI=1S/C24H26BrNO2/c1-4-27-23-13-20(15-26-21-11-7-18(3)8-12-21)22(25)14-24(23)28-16-19-9-5-17(2)6-10-19/h5-14,26H,4,15-16H2,1-3H3. The van der Waals surface area contributed by atoms with Gasteiger partial charge in [-0.05, 0) is 56.2 Å². The van der Waals surface area contributed by atoms with Gasteiger partial charge in [0.25, 0.3) is 0 Å². The molecule has 0 atom stereocenters. The minimum atomic E-state index is 0.508. The molecule has 0 saturated heterocycles. The average molecular weight is 440 g/mol. The highest BCUT2D eigenvalue weighted by molar-refractivity contribution is 9.10. The fourth-order valence-electron chi connectivity index (χ4n) is 2.81. The molecular formula is C24H26BrNO2. The Labute approximate surface area is 175 Å². The van der Waals surface area contributed by atoms with Crippen LogP contribution in [0.1, 0.15) is 29.2 Å². The van der Waals surface area contributed by atoms with E-state index in [4.69, 9.17) is 9.47 Å². The number of benzene rings is 3. The Kier molecular flexibility index (Phi) is 6.99. The minimum absolute atomic E-state index is 0.508. The lowest BCUT2D eigenvalue weighted by atomic mass is 10.1. The largest absolute Gasteiger partial charge is 0.490 e. The average Bonchev–Trinajstić information content (AvgIpc) is 2.69. The molecule has 3 nitrogen and oxygen atoms in total. The maximum atomic E-state index is 6.05. The molecule has 0 bridgehead atoms. The zero-order valence-corrected chi connectivity index (χ0v) is 18.2. The normalized spacial score (nSPS) is 10.6. The summed E-state index contributed by atoms with van der Waals surface area (Å²) < 4.78 is 12.9. The van der Waals surface area contributed by atoms with E-state index in [1.165, 1.54) is 11.1 Å². The Morgan fingerprint density at radius 1 is 0.821 bits per heavy atom. The predicted molar refractivity (Wildman–Crippen MR) is 119 cm³/mol. The molecule has 0 heterocycles. The van der Waals surface area contributed by atoms with Crippen molar-refractivity contribution in [1.82, 2.24) is 0 Å². The number of nitrogens with one attached hydrogen (secondary N) is 1. The number of rotatable bonds is 8. The van der Waals surface area contributed by atoms with E-state index in [9.17, 15) is 0 Å². The van der Waals surface area contributed by atoms with E-state index < -0.39 is 0 Å². The van der Waals surface area contributed by atoms with Crippen LogP contribution in [0.25, 0.3) is 0 Å². The van der Waals surface area contributed by atoms with Gasteiger partial charge in [0.1, 0.15) is 6.61 Å². The van der Waals surface area contributed by atoms with Crippen molar-refractivity contribution in [2.24, 2.45) is 0 Å². The van der Waals surface area contributed by atoms with Crippen LogP contribution in [0.15, 0.2) is 65.1 Å². The third kappa shape index (κ3) is 5.52. The van der Waals surface area contributed by atoms with Crippen LogP contribution >= 0.6 is 15.9 Å². The maximum absolute atomic E-state index is 6.05. The van der Waals surface area contributed by atoms with Crippen molar-refractivity contribution >= 4 is 21.6 Å². The molecule has 1 N–H and O–H groups in total. The van der Waals surface area contributed by atoms with Gasteiger partial charge in [0.05, 0.1) is 6.61 Å². The summed E-state index contributed by atoms with van der Waals surface area (Å²) in [7, 11) is 0. The van der Waals surface area contributed by atoms with Gasteiger partial charge in [0, 0.05) is 16.7 Å².